The molecule has 1 aliphatic heterocycles. The van der Waals surface area contributed by atoms with Crippen LogP contribution in [0.4, 0.5) is 0 Å². The number of rotatable bonds is 5. The van der Waals surface area contributed by atoms with Gasteiger partial charge in [0.2, 0.25) is 5.91 Å². The molecule has 0 aliphatic carbocycles. The van der Waals surface area contributed by atoms with E-state index in [0.29, 0.717) is 31.6 Å². The van der Waals surface area contributed by atoms with Crippen molar-refractivity contribution >= 4 is 11.8 Å². The molecule has 1 saturated heterocycles. The van der Waals surface area contributed by atoms with Gasteiger partial charge in [0.05, 0.1) is 6.10 Å². The Bertz CT molecular complexity index is 571. The van der Waals surface area contributed by atoms with E-state index >= 15 is 0 Å². The average Bonchev–Trinajstić information content (AvgIpc) is 2.64. The third kappa shape index (κ3) is 4.81. The van der Waals surface area contributed by atoms with E-state index in [4.69, 9.17) is 0 Å². The largest absolute Gasteiger partial charge is 0.391 e. The zero-order valence-corrected chi connectivity index (χ0v) is 14.9. The Kier molecular flexibility index (Phi) is 5.99. The number of nitrogens with zero attached hydrogens (tertiary/aromatic N) is 2. The lowest BCUT2D eigenvalue weighted by molar-refractivity contribution is -0.132. The first-order valence-corrected chi connectivity index (χ1v) is 8.62. The van der Waals surface area contributed by atoms with Crippen molar-refractivity contribution < 1.29 is 14.7 Å². The second-order valence-corrected chi connectivity index (χ2v) is 7.41. The Balaban J connectivity index is 2.14. The maximum Gasteiger partial charge on any atom is 0.254 e. The van der Waals surface area contributed by atoms with Gasteiger partial charge in [-0.15, -0.1) is 0 Å². The molecule has 0 saturated carbocycles. The summed E-state index contributed by atoms with van der Waals surface area (Å²) in [7, 11) is 0. The van der Waals surface area contributed by atoms with E-state index in [-0.39, 0.29) is 23.8 Å². The molecule has 0 spiro atoms. The summed E-state index contributed by atoms with van der Waals surface area (Å²) in [6, 6.07) is 9.06. The molecule has 2 rings (SSSR count). The molecular weight excluding hydrogens is 304 g/mol. The lowest BCUT2D eigenvalue weighted by Crippen LogP contribution is -2.42. The van der Waals surface area contributed by atoms with Gasteiger partial charge >= 0.3 is 0 Å². The van der Waals surface area contributed by atoms with E-state index < -0.39 is 6.10 Å². The molecule has 1 fully saturated rings. The number of hydrogen-bond donors (Lipinski definition) is 1. The van der Waals surface area contributed by atoms with Crippen molar-refractivity contribution in [1.82, 2.24) is 9.80 Å². The summed E-state index contributed by atoms with van der Waals surface area (Å²) in [4.78, 5) is 28.7. The molecule has 5 heteroatoms. The predicted molar refractivity (Wildman–Crippen MR) is 93.6 cm³/mol. The zero-order chi connectivity index (χ0) is 17.7. The van der Waals surface area contributed by atoms with Crippen molar-refractivity contribution in [2.75, 3.05) is 26.2 Å². The summed E-state index contributed by atoms with van der Waals surface area (Å²) in [6.45, 7) is 7.58. The summed E-state index contributed by atoms with van der Waals surface area (Å²) in [6.07, 6.45) is 1.05. The van der Waals surface area contributed by atoms with Gasteiger partial charge in [0.25, 0.3) is 5.91 Å². The van der Waals surface area contributed by atoms with Crippen molar-refractivity contribution in [3.8, 4) is 0 Å². The number of aliphatic hydroxyl groups is 1. The highest BCUT2D eigenvalue weighted by atomic mass is 16.3. The van der Waals surface area contributed by atoms with Gasteiger partial charge in [0.15, 0.2) is 0 Å². The SMILES string of the molecule is CCCC(O)CN1CC(C)(C)CN(C(=O)c2ccccc2)CC1=O. The lowest BCUT2D eigenvalue weighted by atomic mass is 9.92. The van der Waals surface area contributed by atoms with Crippen LogP contribution in [0, 0.1) is 5.41 Å². The molecule has 5 nitrogen and oxygen atoms in total. The van der Waals surface area contributed by atoms with Crippen LogP contribution in [-0.4, -0.2) is 59.0 Å². The van der Waals surface area contributed by atoms with Crippen LogP contribution in [0.1, 0.15) is 44.0 Å². The van der Waals surface area contributed by atoms with Crippen molar-refractivity contribution in [2.24, 2.45) is 5.41 Å². The minimum atomic E-state index is -0.508. The number of hydrogen-bond acceptors (Lipinski definition) is 3. The smallest absolute Gasteiger partial charge is 0.254 e. The van der Waals surface area contributed by atoms with Gasteiger partial charge in [0.1, 0.15) is 6.54 Å². The lowest BCUT2D eigenvalue weighted by Gasteiger charge is -2.31. The number of carbonyl (C=O) groups excluding carboxylic acids is 2. The topological polar surface area (TPSA) is 60.9 Å². The van der Waals surface area contributed by atoms with Crippen LogP contribution in [-0.2, 0) is 4.79 Å². The summed E-state index contributed by atoms with van der Waals surface area (Å²) in [5.41, 5.74) is 0.378. The van der Waals surface area contributed by atoms with E-state index in [9.17, 15) is 14.7 Å². The van der Waals surface area contributed by atoms with Gasteiger partial charge in [-0.2, -0.15) is 0 Å². The fourth-order valence-corrected chi connectivity index (χ4v) is 3.24. The Morgan fingerprint density at radius 3 is 2.54 bits per heavy atom. The monoisotopic (exact) mass is 332 g/mol. The molecule has 1 N–H and O–H groups in total. The molecule has 2 amide bonds. The summed E-state index contributed by atoms with van der Waals surface area (Å²) >= 11 is 0. The first-order chi connectivity index (χ1) is 11.3. The van der Waals surface area contributed by atoms with E-state index in [0.717, 1.165) is 6.42 Å². The van der Waals surface area contributed by atoms with E-state index in [1.165, 1.54) is 0 Å². The van der Waals surface area contributed by atoms with Crippen molar-refractivity contribution in [2.45, 2.75) is 39.7 Å². The Labute approximate surface area is 144 Å². The first-order valence-electron chi connectivity index (χ1n) is 8.62. The van der Waals surface area contributed by atoms with Crippen LogP contribution in [0.15, 0.2) is 30.3 Å². The Morgan fingerprint density at radius 2 is 1.92 bits per heavy atom. The van der Waals surface area contributed by atoms with Gasteiger partial charge in [-0.3, -0.25) is 9.59 Å². The van der Waals surface area contributed by atoms with Crippen LogP contribution < -0.4 is 0 Å². The Hall–Kier alpha value is -1.88. The molecule has 0 radical (unpaired) electrons. The summed E-state index contributed by atoms with van der Waals surface area (Å²) in [5, 5.41) is 10.1. The quantitative estimate of drug-likeness (QED) is 0.899. The second kappa shape index (κ2) is 7.79. The summed E-state index contributed by atoms with van der Waals surface area (Å²) in [5.74, 6) is -0.215. The molecule has 1 atom stereocenters. The molecule has 1 aromatic rings. The number of benzene rings is 1. The number of amides is 2. The van der Waals surface area contributed by atoms with Crippen LogP contribution in [0.3, 0.4) is 0 Å². The molecular formula is C19H28N2O3. The first kappa shape index (κ1) is 18.5. The van der Waals surface area contributed by atoms with Crippen molar-refractivity contribution in [1.29, 1.82) is 0 Å². The predicted octanol–water partition coefficient (Wildman–Crippen LogP) is 2.16. The molecule has 1 heterocycles. The second-order valence-electron chi connectivity index (χ2n) is 7.41. The number of β-amino-alcohol motifs (C(OH)–C–C–N with tert-alkyl or cyclic N) is 1. The normalized spacial score (nSPS) is 19.1. The van der Waals surface area contributed by atoms with E-state index in [1.807, 2.05) is 25.1 Å². The minimum Gasteiger partial charge on any atom is -0.391 e. The average molecular weight is 332 g/mol. The highest BCUT2D eigenvalue weighted by Crippen LogP contribution is 2.24. The van der Waals surface area contributed by atoms with Crippen LogP contribution in [0.5, 0.6) is 0 Å². The molecule has 1 aromatic carbocycles. The maximum atomic E-state index is 12.7. The van der Waals surface area contributed by atoms with Crippen molar-refractivity contribution in [3.63, 3.8) is 0 Å². The minimum absolute atomic E-state index is 0.0655. The maximum absolute atomic E-state index is 12.7. The standard InChI is InChI=1S/C19H28N2O3/c1-4-8-16(22)11-20-13-19(2,3)14-21(12-17(20)23)18(24)15-9-6-5-7-10-15/h5-7,9-10,16,22H,4,8,11-14H2,1-3H3. The van der Waals surface area contributed by atoms with Gasteiger partial charge < -0.3 is 14.9 Å². The number of carbonyl (C=O) groups is 2. The van der Waals surface area contributed by atoms with Crippen LogP contribution in [0.2, 0.25) is 0 Å². The van der Waals surface area contributed by atoms with Gasteiger partial charge in [-0.05, 0) is 24.0 Å². The van der Waals surface area contributed by atoms with Crippen LogP contribution >= 0.6 is 0 Å². The fraction of sp³-hybridized carbons (Fsp3) is 0.579. The highest BCUT2D eigenvalue weighted by molar-refractivity contribution is 5.96. The fourth-order valence-electron chi connectivity index (χ4n) is 3.24. The van der Waals surface area contributed by atoms with Crippen LogP contribution in [0.25, 0.3) is 0 Å². The third-order valence-corrected chi connectivity index (χ3v) is 4.28. The van der Waals surface area contributed by atoms with Gasteiger partial charge in [-0.25, -0.2) is 0 Å². The van der Waals surface area contributed by atoms with E-state index in [2.05, 4.69) is 13.8 Å². The molecule has 0 bridgehead atoms. The van der Waals surface area contributed by atoms with Gasteiger partial charge in [0, 0.05) is 25.2 Å². The molecule has 0 aromatic heterocycles. The number of aliphatic hydroxyl groups excluding tert-OH is 1. The Morgan fingerprint density at radius 1 is 1.25 bits per heavy atom. The molecule has 24 heavy (non-hydrogen) atoms. The van der Waals surface area contributed by atoms with E-state index in [1.54, 1.807) is 21.9 Å². The third-order valence-electron chi connectivity index (χ3n) is 4.28. The highest BCUT2D eigenvalue weighted by Gasteiger charge is 2.35. The van der Waals surface area contributed by atoms with Gasteiger partial charge in [-0.1, -0.05) is 45.4 Å². The zero-order valence-electron chi connectivity index (χ0n) is 14.9. The molecule has 1 unspecified atom stereocenters. The van der Waals surface area contributed by atoms with Crippen molar-refractivity contribution in [3.05, 3.63) is 35.9 Å². The molecule has 1 aliphatic rings. The summed E-state index contributed by atoms with van der Waals surface area (Å²) < 4.78 is 0. The molecule has 132 valence electrons.